The Morgan fingerprint density at radius 3 is 2.78 bits per heavy atom. The molecule has 0 aromatic carbocycles. The number of hydrogen-bond donors (Lipinski definition) is 1. The van der Waals surface area contributed by atoms with Crippen molar-refractivity contribution in [3.05, 3.63) is 6.92 Å². The van der Waals surface area contributed by atoms with Crippen LogP contribution < -0.4 is 5.48 Å². The van der Waals surface area contributed by atoms with E-state index in [9.17, 15) is 0 Å². The van der Waals surface area contributed by atoms with Gasteiger partial charge in [0.2, 0.25) is 0 Å². The zero-order valence-electron chi connectivity index (χ0n) is 6.31. The highest BCUT2D eigenvalue weighted by Gasteiger charge is 1.97. The molecule has 2 heteroatoms. The number of nitrogens with one attached hydrogen (secondary N) is 1. The highest BCUT2D eigenvalue weighted by atomic mass is 16.7. The predicted molar refractivity (Wildman–Crippen MR) is 38.8 cm³/mol. The molecule has 1 N–H and O–H groups in total. The lowest BCUT2D eigenvalue weighted by atomic mass is 10.2. The second kappa shape index (κ2) is 6.05. The van der Waals surface area contributed by atoms with Crippen molar-refractivity contribution in [2.24, 2.45) is 0 Å². The molecule has 0 aliphatic heterocycles. The largest absolute Gasteiger partial charge is 0.299 e. The molecule has 55 valence electrons. The molecule has 2 nitrogen and oxygen atoms in total. The fraction of sp³-hybridized carbons (Fsp3) is 0.857. The van der Waals surface area contributed by atoms with E-state index in [4.69, 9.17) is 4.84 Å². The summed E-state index contributed by atoms with van der Waals surface area (Å²) in [6, 6.07) is 0. The van der Waals surface area contributed by atoms with E-state index in [1.165, 1.54) is 6.42 Å². The summed E-state index contributed by atoms with van der Waals surface area (Å²) in [6.07, 6.45) is 2.59. The molecule has 1 unspecified atom stereocenters. The second-order valence-electron chi connectivity index (χ2n) is 2.11. The van der Waals surface area contributed by atoms with Gasteiger partial charge in [-0.25, -0.2) is 5.48 Å². The van der Waals surface area contributed by atoms with Gasteiger partial charge in [0, 0.05) is 6.54 Å². The maximum atomic E-state index is 5.12. The Balaban J connectivity index is 2.95. The fourth-order valence-electron chi connectivity index (χ4n) is 0.667. The van der Waals surface area contributed by atoms with E-state index in [2.05, 4.69) is 19.3 Å². The maximum absolute atomic E-state index is 5.12. The van der Waals surface area contributed by atoms with Crippen LogP contribution in [0.1, 0.15) is 26.7 Å². The van der Waals surface area contributed by atoms with Gasteiger partial charge in [0.15, 0.2) is 0 Å². The van der Waals surface area contributed by atoms with Gasteiger partial charge in [0.05, 0.1) is 6.10 Å². The first-order valence-electron chi connectivity index (χ1n) is 3.49. The van der Waals surface area contributed by atoms with Gasteiger partial charge in [-0.1, -0.05) is 13.3 Å². The number of hydrogen-bond acceptors (Lipinski definition) is 2. The van der Waals surface area contributed by atoms with Crippen molar-refractivity contribution in [2.45, 2.75) is 32.8 Å². The van der Waals surface area contributed by atoms with Crippen molar-refractivity contribution in [2.75, 3.05) is 6.54 Å². The SMILES string of the molecule is [CH2]CNOC(C)CCC. The topological polar surface area (TPSA) is 21.3 Å². The number of hydroxylamine groups is 1. The molecule has 1 atom stereocenters. The zero-order valence-corrected chi connectivity index (χ0v) is 6.31. The molecule has 0 saturated carbocycles. The van der Waals surface area contributed by atoms with Crippen LogP contribution in [0.2, 0.25) is 0 Å². The Hall–Kier alpha value is -0.0800. The van der Waals surface area contributed by atoms with Crippen molar-refractivity contribution in [3.63, 3.8) is 0 Å². The van der Waals surface area contributed by atoms with Crippen LogP contribution in [0.4, 0.5) is 0 Å². The average molecular weight is 130 g/mol. The molecule has 9 heavy (non-hydrogen) atoms. The summed E-state index contributed by atoms with van der Waals surface area (Å²) < 4.78 is 0. The van der Waals surface area contributed by atoms with Crippen LogP contribution in [-0.2, 0) is 4.84 Å². The number of rotatable bonds is 5. The van der Waals surface area contributed by atoms with Crippen LogP contribution in [0.15, 0.2) is 0 Å². The van der Waals surface area contributed by atoms with Crippen LogP contribution in [0.25, 0.3) is 0 Å². The molecule has 0 amide bonds. The molecule has 0 bridgehead atoms. The van der Waals surface area contributed by atoms with E-state index in [1.54, 1.807) is 0 Å². The lowest BCUT2D eigenvalue weighted by molar-refractivity contribution is -0.0135. The van der Waals surface area contributed by atoms with Gasteiger partial charge in [-0.05, 0) is 20.3 Å². The molecule has 0 aromatic rings. The van der Waals surface area contributed by atoms with Crippen LogP contribution in [-0.4, -0.2) is 12.6 Å². The van der Waals surface area contributed by atoms with Gasteiger partial charge < -0.3 is 0 Å². The predicted octanol–water partition coefficient (Wildman–Crippen LogP) is 1.53. The summed E-state index contributed by atoms with van der Waals surface area (Å²) in [5.74, 6) is 0. The average Bonchev–Trinajstić information content (AvgIpc) is 1.85. The molecule has 0 spiro atoms. The Bertz CT molecular complexity index is 56.9. The van der Waals surface area contributed by atoms with E-state index in [1.807, 2.05) is 6.92 Å². The van der Waals surface area contributed by atoms with Gasteiger partial charge in [-0.3, -0.25) is 4.84 Å². The Kier molecular flexibility index (Phi) is 5.99. The first-order valence-corrected chi connectivity index (χ1v) is 3.49. The third-order valence-electron chi connectivity index (χ3n) is 1.08. The van der Waals surface area contributed by atoms with Crippen molar-refractivity contribution in [1.82, 2.24) is 5.48 Å². The fourth-order valence-corrected chi connectivity index (χ4v) is 0.667. The third kappa shape index (κ3) is 5.80. The third-order valence-corrected chi connectivity index (χ3v) is 1.08. The summed E-state index contributed by atoms with van der Waals surface area (Å²) in [5.41, 5.74) is 2.72. The van der Waals surface area contributed by atoms with Gasteiger partial charge in [-0.2, -0.15) is 0 Å². The first kappa shape index (κ1) is 8.92. The molecule has 0 aliphatic carbocycles. The molecule has 1 radical (unpaired) electrons. The van der Waals surface area contributed by atoms with Crippen LogP contribution in [0.5, 0.6) is 0 Å². The highest BCUT2D eigenvalue weighted by molar-refractivity contribution is 4.45. The second-order valence-corrected chi connectivity index (χ2v) is 2.11. The van der Waals surface area contributed by atoms with Crippen molar-refractivity contribution < 1.29 is 4.84 Å². The van der Waals surface area contributed by atoms with Gasteiger partial charge >= 0.3 is 0 Å². The standard InChI is InChI=1S/C7H16NO/c1-4-6-7(3)9-8-5-2/h7-8H,2,4-6H2,1,3H3. The van der Waals surface area contributed by atoms with Gasteiger partial charge in [-0.15, -0.1) is 0 Å². The van der Waals surface area contributed by atoms with E-state index >= 15 is 0 Å². The summed E-state index contributed by atoms with van der Waals surface area (Å²) >= 11 is 0. The van der Waals surface area contributed by atoms with Crippen molar-refractivity contribution in [3.8, 4) is 0 Å². The lowest BCUT2D eigenvalue weighted by Gasteiger charge is -2.09. The quantitative estimate of drug-likeness (QED) is 0.570. The first-order chi connectivity index (χ1) is 4.31. The molecular weight excluding hydrogens is 114 g/mol. The zero-order chi connectivity index (χ0) is 7.11. The Morgan fingerprint density at radius 2 is 2.33 bits per heavy atom. The van der Waals surface area contributed by atoms with E-state index < -0.39 is 0 Å². The minimum atomic E-state index is 0.316. The van der Waals surface area contributed by atoms with Gasteiger partial charge in [0.1, 0.15) is 0 Å². The summed E-state index contributed by atoms with van der Waals surface area (Å²) in [4.78, 5) is 5.12. The lowest BCUT2D eigenvalue weighted by Crippen LogP contribution is -2.21. The summed E-state index contributed by atoms with van der Waals surface area (Å²) in [7, 11) is 0. The van der Waals surface area contributed by atoms with Crippen LogP contribution in [0.3, 0.4) is 0 Å². The minimum Gasteiger partial charge on any atom is -0.299 e. The minimum absolute atomic E-state index is 0.316. The molecule has 0 rings (SSSR count). The van der Waals surface area contributed by atoms with Crippen molar-refractivity contribution >= 4 is 0 Å². The van der Waals surface area contributed by atoms with E-state index in [0.29, 0.717) is 12.6 Å². The summed E-state index contributed by atoms with van der Waals surface area (Å²) in [6.45, 7) is 8.41. The molecule has 0 heterocycles. The summed E-state index contributed by atoms with van der Waals surface area (Å²) in [5, 5.41) is 0. The highest BCUT2D eigenvalue weighted by Crippen LogP contribution is 1.97. The van der Waals surface area contributed by atoms with Crippen molar-refractivity contribution in [1.29, 1.82) is 0 Å². The monoisotopic (exact) mass is 130 g/mol. The molecule has 0 saturated heterocycles. The normalized spacial score (nSPS) is 13.7. The van der Waals surface area contributed by atoms with E-state index in [-0.39, 0.29) is 0 Å². The molecule has 0 aliphatic rings. The maximum Gasteiger partial charge on any atom is 0.0762 e. The van der Waals surface area contributed by atoms with Crippen LogP contribution >= 0.6 is 0 Å². The molecular formula is C7H16NO. The van der Waals surface area contributed by atoms with Crippen LogP contribution in [0, 0.1) is 6.92 Å². The molecule has 0 fully saturated rings. The Labute approximate surface area is 57.5 Å². The smallest absolute Gasteiger partial charge is 0.0762 e. The Morgan fingerprint density at radius 1 is 1.67 bits per heavy atom. The van der Waals surface area contributed by atoms with Gasteiger partial charge in [0.25, 0.3) is 0 Å². The molecule has 0 aromatic heterocycles. The van der Waals surface area contributed by atoms with E-state index in [0.717, 1.165) is 6.42 Å².